The molecule has 1 aromatic rings. The minimum absolute atomic E-state index is 0.0364. The van der Waals surface area contributed by atoms with E-state index in [0.29, 0.717) is 25.7 Å². The number of nitrogens with zero attached hydrogens (tertiary/aromatic N) is 5. The van der Waals surface area contributed by atoms with Crippen LogP contribution >= 0.6 is 0 Å². The third-order valence-electron chi connectivity index (χ3n) is 5.54. The van der Waals surface area contributed by atoms with Crippen LogP contribution in [-0.2, 0) is 6.54 Å². The third kappa shape index (κ3) is 4.36. The number of benzene rings is 1. The summed E-state index contributed by atoms with van der Waals surface area (Å²) < 4.78 is 5.23. The van der Waals surface area contributed by atoms with Crippen LogP contribution < -0.4 is 10.1 Å². The highest BCUT2D eigenvalue weighted by Gasteiger charge is 2.27. The average molecular weight is 396 g/mol. The van der Waals surface area contributed by atoms with Gasteiger partial charge in [0, 0.05) is 45.3 Å². The molecule has 1 atom stereocenters. The van der Waals surface area contributed by atoms with Gasteiger partial charge in [-0.05, 0) is 24.1 Å². The molecule has 1 N–H and O–H groups in total. The summed E-state index contributed by atoms with van der Waals surface area (Å²) in [6, 6.07) is 8.06. The SMILES string of the molecule is CC[C@H]1CN2C=NC(N3CCN(C(=O)NCc4cccc(OC)c4)CC3)=CC2=N1. The molecular weight excluding hydrogens is 368 g/mol. The summed E-state index contributed by atoms with van der Waals surface area (Å²) in [5, 5.41) is 3.00. The second-order valence-electron chi connectivity index (χ2n) is 7.43. The predicted molar refractivity (Wildman–Crippen MR) is 113 cm³/mol. The molecule has 8 heteroatoms. The van der Waals surface area contributed by atoms with Gasteiger partial charge in [0.25, 0.3) is 0 Å². The Bertz CT molecular complexity index is 841. The van der Waals surface area contributed by atoms with Crippen molar-refractivity contribution in [1.82, 2.24) is 20.0 Å². The van der Waals surface area contributed by atoms with Gasteiger partial charge in [0.2, 0.25) is 0 Å². The van der Waals surface area contributed by atoms with Crippen LogP contribution in [0.2, 0.25) is 0 Å². The van der Waals surface area contributed by atoms with E-state index in [0.717, 1.165) is 49.0 Å². The Balaban J connectivity index is 1.28. The van der Waals surface area contributed by atoms with Crippen molar-refractivity contribution in [1.29, 1.82) is 0 Å². The standard InChI is InChI=1S/C21H28N6O2/c1-3-17-14-27-15-23-19(12-20(27)24-17)25-7-9-26(10-8-25)21(28)22-13-16-5-4-6-18(11-16)29-2/h4-6,11-12,15,17H,3,7-10,13-14H2,1-2H3,(H,22,28)/t17-/m0/s1. The molecule has 154 valence electrons. The van der Waals surface area contributed by atoms with E-state index in [1.54, 1.807) is 7.11 Å². The van der Waals surface area contributed by atoms with Crippen LogP contribution in [-0.4, -0.2) is 78.8 Å². The highest BCUT2D eigenvalue weighted by molar-refractivity contribution is 6.03. The smallest absolute Gasteiger partial charge is 0.317 e. The van der Waals surface area contributed by atoms with Crippen molar-refractivity contribution < 1.29 is 9.53 Å². The topological polar surface area (TPSA) is 72.8 Å². The van der Waals surface area contributed by atoms with Crippen molar-refractivity contribution in [2.45, 2.75) is 25.9 Å². The quantitative estimate of drug-likeness (QED) is 0.825. The number of piperazine rings is 1. The minimum Gasteiger partial charge on any atom is -0.497 e. The second-order valence-corrected chi connectivity index (χ2v) is 7.43. The molecule has 8 nitrogen and oxygen atoms in total. The van der Waals surface area contributed by atoms with Gasteiger partial charge in [0.1, 0.15) is 17.4 Å². The maximum atomic E-state index is 12.5. The number of rotatable bonds is 5. The van der Waals surface area contributed by atoms with Crippen LogP contribution in [0.3, 0.4) is 0 Å². The first kappa shape index (κ1) is 19.3. The number of carbonyl (C=O) groups excluding carboxylic acids is 1. The number of methoxy groups -OCH3 is 1. The Morgan fingerprint density at radius 3 is 2.86 bits per heavy atom. The van der Waals surface area contributed by atoms with Gasteiger partial charge >= 0.3 is 6.03 Å². The van der Waals surface area contributed by atoms with Crippen LogP contribution in [0.15, 0.2) is 46.1 Å². The van der Waals surface area contributed by atoms with E-state index in [1.165, 1.54) is 0 Å². The van der Waals surface area contributed by atoms with Gasteiger partial charge < -0.3 is 24.8 Å². The fraction of sp³-hybridized carbons (Fsp3) is 0.476. The van der Waals surface area contributed by atoms with E-state index >= 15 is 0 Å². The number of hydrogen-bond donors (Lipinski definition) is 1. The van der Waals surface area contributed by atoms with Crippen molar-refractivity contribution in [3.63, 3.8) is 0 Å². The molecule has 1 saturated heterocycles. The van der Waals surface area contributed by atoms with E-state index in [1.807, 2.05) is 35.5 Å². The van der Waals surface area contributed by atoms with Crippen molar-refractivity contribution in [3.05, 3.63) is 41.7 Å². The molecule has 2 amide bonds. The van der Waals surface area contributed by atoms with Gasteiger partial charge in [0.15, 0.2) is 0 Å². The lowest BCUT2D eigenvalue weighted by Gasteiger charge is -2.36. The van der Waals surface area contributed by atoms with E-state index in [-0.39, 0.29) is 6.03 Å². The number of ether oxygens (including phenoxy) is 1. The molecule has 4 rings (SSSR count). The summed E-state index contributed by atoms with van der Waals surface area (Å²) in [5.74, 6) is 2.73. The first-order valence-electron chi connectivity index (χ1n) is 10.2. The number of fused-ring (bicyclic) bond motifs is 1. The maximum absolute atomic E-state index is 12.5. The van der Waals surface area contributed by atoms with E-state index in [2.05, 4.69) is 33.1 Å². The van der Waals surface area contributed by atoms with Crippen molar-refractivity contribution in [2.24, 2.45) is 9.98 Å². The molecule has 1 fully saturated rings. The van der Waals surface area contributed by atoms with Crippen molar-refractivity contribution in [2.75, 3.05) is 39.8 Å². The Hall–Kier alpha value is -3.03. The number of carbonyl (C=O) groups is 1. The minimum atomic E-state index is -0.0364. The number of amidine groups is 1. The molecule has 0 aliphatic carbocycles. The molecule has 3 heterocycles. The van der Waals surface area contributed by atoms with Crippen LogP contribution in [0.5, 0.6) is 5.75 Å². The summed E-state index contributed by atoms with van der Waals surface area (Å²) in [5.41, 5.74) is 1.02. The molecule has 3 aliphatic rings. The highest BCUT2D eigenvalue weighted by Crippen LogP contribution is 2.20. The van der Waals surface area contributed by atoms with Gasteiger partial charge in [-0.1, -0.05) is 19.1 Å². The number of urea groups is 1. The zero-order chi connectivity index (χ0) is 20.2. The van der Waals surface area contributed by atoms with Crippen molar-refractivity contribution in [3.8, 4) is 5.75 Å². The molecule has 0 bridgehead atoms. The second kappa shape index (κ2) is 8.55. The van der Waals surface area contributed by atoms with E-state index in [4.69, 9.17) is 9.73 Å². The largest absolute Gasteiger partial charge is 0.497 e. The predicted octanol–water partition coefficient (Wildman–Crippen LogP) is 1.90. The zero-order valence-corrected chi connectivity index (χ0v) is 17.0. The van der Waals surface area contributed by atoms with E-state index < -0.39 is 0 Å². The van der Waals surface area contributed by atoms with Gasteiger partial charge in [-0.3, -0.25) is 4.99 Å². The molecule has 29 heavy (non-hydrogen) atoms. The zero-order valence-electron chi connectivity index (χ0n) is 17.0. The third-order valence-corrected chi connectivity index (χ3v) is 5.54. The molecular formula is C21H28N6O2. The highest BCUT2D eigenvalue weighted by atomic mass is 16.5. The average Bonchev–Trinajstić information content (AvgIpc) is 3.20. The maximum Gasteiger partial charge on any atom is 0.317 e. The Labute approximate surface area is 171 Å². The molecule has 3 aliphatic heterocycles. The monoisotopic (exact) mass is 396 g/mol. The molecule has 0 unspecified atom stereocenters. The summed E-state index contributed by atoms with van der Waals surface area (Å²) >= 11 is 0. The molecule has 0 saturated carbocycles. The first-order chi connectivity index (χ1) is 14.2. The molecule has 1 aromatic carbocycles. The van der Waals surface area contributed by atoms with Crippen LogP contribution in [0.4, 0.5) is 4.79 Å². The van der Waals surface area contributed by atoms with Gasteiger partial charge in [-0.25, -0.2) is 9.79 Å². The van der Waals surface area contributed by atoms with Gasteiger partial charge in [-0.15, -0.1) is 0 Å². The molecule has 0 spiro atoms. The summed E-state index contributed by atoms with van der Waals surface area (Å²) in [6.45, 7) is 6.43. The van der Waals surface area contributed by atoms with E-state index in [9.17, 15) is 4.79 Å². The summed E-state index contributed by atoms with van der Waals surface area (Å²) in [6.07, 6.45) is 4.99. The summed E-state index contributed by atoms with van der Waals surface area (Å²) in [7, 11) is 1.64. The number of aliphatic imine (C=N–C) groups is 2. The lowest BCUT2D eigenvalue weighted by atomic mass is 10.2. The number of nitrogens with one attached hydrogen (secondary N) is 1. The fourth-order valence-corrected chi connectivity index (χ4v) is 3.73. The van der Waals surface area contributed by atoms with Crippen LogP contribution in [0, 0.1) is 0 Å². The normalized spacial score (nSPS) is 20.9. The fourth-order valence-electron chi connectivity index (χ4n) is 3.73. The Morgan fingerprint density at radius 2 is 2.10 bits per heavy atom. The van der Waals surface area contributed by atoms with Gasteiger partial charge in [0.05, 0.1) is 19.5 Å². The van der Waals surface area contributed by atoms with Gasteiger partial charge in [-0.2, -0.15) is 0 Å². The molecule has 0 radical (unpaired) electrons. The summed E-state index contributed by atoms with van der Waals surface area (Å²) in [4.78, 5) is 28.1. The lowest BCUT2D eigenvalue weighted by molar-refractivity contribution is 0.156. The Kier molecular flexibility index (Phi) is 5.69. The van der Waals surface area contributed by atoms with Crippen LogP contribution in [0.1, 0.15) is 18.9 Å². The Morgan fingerprint density at radius 1 is 1.28 bits per heavy atom. The molecule has 0 aromatic heterocycles. The van der Waals surface area contributed by atoms with Crippen LogP contribution in [0.25, 0.3) is 0 Å². The first-order valence-corrected chi connectivity index (χ1v) is 10.2. The van der Waals surface area contributed by atoms with Crippen molar-refractivity contribution >= 4 is 18.2 Å². The lowest BCUT2D eigenvalue weighted by Crippen LogP contribution is -2.51. The number of amides is 2. The number of hydrogen-bond acceptors (Lipinski definition) is 6.